The van der Waals surface area contributed by atoms with Crippen LogP contribution in [0.3, 0.4) is 0 Å². The predicted molar refractivity (Wildman–Crippen MR) is 165 cm³/mol. The predicted octanol–water partition coefficient (Wildman–Crippen LogP) is 5.64. The summed E-state index contributed by atoms with van der Waals surface area (Å²) in [5.41, 5.74) is 3.81. The molecule has 1 saturated heterocycles. The van der Waals surface area contributed by atoms with Crippen molar-refractivity contribution in [1.82, 2.24) is 9.80 Å². The van der Waals surface area contributed by atoms with Gasteiger partial charge in [0.2, 0.25) is 5.91 Å². The number of carbonyl (C=O) groups is 2. The van der Waals surface area contributed by atoms with Gasteiger partial charge in [-0.25, -0.2) is 0 Å². The average molecular weight is 585 g/mol. The largest absolute Gasteiger partial charge is 0.508 e. The zero-order valence-electron chi connectivity index (χ0n) is 25.8. The highest BCUT2D eigenvalue weighted by molar-refractivity contribution is 5.92. The zero-order chi connectivity index (χ0) is 30.0. The van der Waals surface area contributed by atoms with Crippen LogP contribution in [0, 0.1) is 24.7 Å². The van der Waals surface area contributed by atoms with Crippen LogP contribution in [0.2, 0.25) is 0 Å². The minimum absolute atomic E-state index is 0.00331. The van der Waals surface area contributed by atoms with Crippen molar-refractivity contribution < 1.29 is 24.2 Å². The summed E-state index contributed by atoms with van der Waals surface area (Å²) in [6.45, 7) is 10.5. The number of hydrogen-bond acceptors (Lipinski definition) is 6. The Balaban J connectivity index is 1.30. The zero-order valence-corrected chi connectivity index (χ0v) is 25.8. The van der Waals surface area contributed by atoms with Gasteiger partial charge in [0.1, 0.15) is 11.9 Å². The monoisotopic (exact) mass is 584 g/mol. The number of benzene rings is 2. The summed E-state index contributed by atoms with van der Waals surface area (Å²) in [5.74, 6) is 2.08. The third-order valence-electron chi connectivity index (χ3n) is 10.6. The third kappa shape index (κ3) is 4.84. The van der Waals surface area contributed by atoms with Crippen LogP contribution in [0.15, 0.2) is 36.4 Å². The molecule has 2 aromatic carbocycles. The van der Waals surface area contributed by atoms with Gasteiger partial charge in [0.05, 0.1) is 6.04 Å². The van der Waals surface area contributed by atoms with Crippen molar-refractivity contribution in [2.24, 2.45) is 17.8 Å². The van der Waals surface area contributed by atoms with Crippen molar-refractivity contribution >= 4 is 18.0 Å². The molecule has 2 heterocycles. The van der Waals surface area contributed by atoms with E-state index in [0.717, 1.165) is 66.9 Å². The van der Waals surface area contributed by atoms with E-state index in [4.69, 9.17) is 9.47 Å². The highest BCUT2D eigenvalue weighted by atomic mass is 16.6. The van der Waals surface area contributed by atoms with E-state index in [2.05, 4.69) is 37.8 Å². The second kappa shape index (κ2) is 10.7. The molecule has 2 bridgehead atoms. The number of aryl methyl sites for hydroxylation is 1. The Morgan fingerprint density at radius 3 is 2.74 bits per heavy atom. The maximum absolute atomic E-state index is 14.0. The highest BCUT2D eigenvalue weighted by Gasteiger charge is 2.67. The van der Waals surface area contributed by atoms with E-state index in [1.165, 1.54) is 19.8 Å². The molecule has 2 aromatic rings. The maximum Gasteiger partial charge on any atom is 0.308 e. The number of piperidine rings is 1. The summed E-state index contributed by atoms with van der Waals surface area (Å²) in [6.07, 6.45) is 9.54. The summed E-state index contributed by atoms with van der Waals surface area (Å²) in [4.78, 5) is 30.9. The van der Waals surface area contributed by atoms with Gasteiger partial charge < -0.3 is 19.5 Å². The smallest absolute Gasteiger partial charge is 0.308 e. The fourth-order valence-electron chi connectivity index (χ4n) is 8.88. The Morgan fingerprint density at radius 2 is 2.02 bits per heavy atom. The Kier molecular flexibility index (Phi) is 7.07. The van der Waals surface area contributed by atoms with E-state index in [9.17, 15) is 14.7 Å². The van der Waals surface area contributed by atoms with E-state index >= 15 is 0 Å². The average Bonchev–Trinajstić information content (AvgIpc) is 3.71. The van der Waals surface area contributed by atoms with E-state index in [-0.39, 0.29) is 35.1 Å². The molecule has 7 heteroatoms. The molecule has 2 aliphatic heterocycles. The van der Waals surface area contributed by atoms with Crippen LogP contribution in [-0.4, -0.2) is 64.6 Å². The van der Waals surface area contributed by atoms with Gasteiger partial charge in [-0.1, -0.05) is 43.7 Å². The van der Waals surface area contributed by atoms with Gasteiger partial charge in [-0.05, 0) is 81.4 Å². The van der Waals surface area contributed by atoms with Gasteiger partial charge in [-0.3, -0.25) is 14.5 Å². The van der Waals surface area contributed by atoms with Gasteiger partial charge in [0.25, 0.3) is 0 Å². The summed E-state index contributed by atoms with van der Waals surface area (Å²) >= 11 is 0. The second-order valence-corrected chi connectivity index (χ2v) is 14.1. The summed E-state index contributed by atoms with van der Waals surface area (Å²) < 4.78 is 12.6. The lowest BCUT2D eigenvalue weighted by Gasteiger charge is -2.60. The summed E-state index contributed by atoms with van der Waals surface area (Å²) in [6, 6.07) is 9.95. The van der Waals surface area contributed by atoms with Gasteiger partial charge >= 0.3 is 5.97 Å². The molecule has 228 valence electrons. The first-order chi connectivity index (χ1) is 20.7. The van der Waals surface area contributed by atoms with Crippen molar-refractivity contribution in [3.05, 3.63) is 58.7 Å². The van der Waals surface area contributed by atoms with E-state index in [0.29, 0.717) is 30.0 Å². The Hall–Kier alpha value is -3.32. The van der Waals surface area contributed by atoms with Gasteiger partial charge in [-0.2, -0.15) is 0 Å². The molecule has 3 aliphatic carbocycles. The number of ether oxygens (including phenoxy) is 2. The standard InChI is InChI=1S/C36H44N2O5/c1-21(2)19-38(32(41)13-10-24-7-5-6-22(3)16-24)28-12-11-27-29-17-26-30(40)18-31(42-23(4)39)34-33(26)36(27,35(28)43-34)14-15-37(29)20-25-8-9-25/h5-7,10,13,16,18,21,25,27-29,35,40H,8-9,11-12,14-15,17,19-20H2,1-4H3/t27-,28+,29+,35-,36-/m0/s1. The van der Waals surface area contributed by atoms with Crippen LogP contribution in [0.1, 0.15) is 75.1 Å². The van der Waals surface area contributed by atoms with Crippen molar-refractivity contribution in [2.75, 3.05) is 19.6 Å². The third-order valence-corrected chi connectivity index (χ3v) is 10.6. The highest BCUT2D eigenvalue weighted by Crippen LogP contribution is 2.66. The molecule has 1 spiro atoms. The van der Waals surface area contributed by atoms with E-state index in [1.54, 1.807) is 12.1 Å². The maximum atomic E-state index is 14.0. The first-order valence-corrected chi connectivity index (χ1v) is 16.2. The molecule has 0 aromatic heterocycles. The number of hydrogen-bond donors (Lipinski definition) is 1. The Morgan fingerprint density at radius 1 is 1.21 bits per heavy atom. The normalized spacial score (nSPS) is 29.0. The van der Waals surface area contributed by atoms with Crippen LogP contribution >= 0.6 is 0 Å². The molecule has 1 amide bonds. The molecule has 5 aliphatic rings. The number of rotatable bonds is 8. The molecule has 2 saturated carbocycles. The quantitative estimate of drug-likeness (QED) is 0.246. The summed E-state index contributed by atoms with van der Waals surface area (Å²) in [7, 11) is 0. The van der Waals surface area contributed by atoms with Crippen LogP contribution in [0.25, 0.3) is 6.08 Å². The lowest BCUT2D eigenvalue weighted by molar-refractivity contribution is -0.138. The van der Waals surface area contributed by atoms with Gasteiger partial charge in [-0.15, -0.1) is 0 Å². The van der Waals surface area contributed by atoms with Crippen molar-refractivity contribution in [1.29, 1.82) is 0 Å². The van der Waals surface area contributed by atoms with E-state index < -0.39 is 5.97 Å². The molecule has 5 atom stereocenters. The number of phenols is 1. The summed E-state index contributed by atoms with van der Waals surface area (Å²) in [5, 5.41) is 11.4. The second-order valence-electron chi connectivity index (χ2n) is 14.1. The van der Waals surface area contributed by atoms with Crippen LogP contribution < -0.4 is 9.47 Å². The van der Waals surface area contributed by atoms with Crippen molar-refractivity contribution in [3.8, 4) is 17.2 Å². The number of phenolic OH excluding ortho intramolecular Hbond substituents is 1. The van der Waals surface area contributed by atoms with E-state index in [1.807, 2.05) is 23.1 Å². The minimum atomic E-state index is -0.439. The van der Waals surface area contributed by atoms with Gasteiger partial charge in [0, 0.05) is 54.7 Å². The molecule has 7 rings (SSSR count). The SMILES string of the molecule is CC(=O)Oc1cc(O)c2c3c1O[C@H]1[C@H](N(CC(C)C)C(=O)C=Cc4cccc(C)c4)CC[C@H]4[C@@H](C2)N(CC2CC2)CC[C@@]341. The minimum Gasteiger partial charge on any atom is -0.508 e. The van der Waals surface area contributed by atoms with Crippen molar-refractivity contribution in [3.63, 3.8) is 0 Å². The van der Waals surface area contributed by atoms with Crippen LogP contribution in [0.5, 0.6) is 17.2 Å². The number of amides is 1. The Bertz CT molecular complexity index is 1480. The molecule has 7 nitrogen and oxygen atoms in total. The first kappa shape index (κ1) is 28.5. The topological polar surface area (TPSA) is 79.3 Å². The van der Waals surface area contributed by atoms with Crippen LogP contribution in [-0.2, 0) is 21.4 Å². The number of likely N-dealkylation sites (tertiary alicyclic amines) is 1. The van der Waals surface area contributed by atoms with Crippen LogP contribution in [0.4, 0.5) is 0 Å². The number of nitrogens with zero attached hydrogens (tertiary/aromatic N) is 2. The fraction of sp³-hybridized carbons (Fsp3) is 0.556. The van der Waals surface area contributed by atoms with Gasteiger partial charge in [0.15, 0.2) is 11.5 Å². The molecular formula is C36H44N2O5. The molecule has 0 unspecified atom stereocenters. The number of esters is 1. The Labute approximate surface area is 254 Å². The molecular weight excluding hydrogens is 540 g/mol. The lowest BCUT2D eigenvalue weighted by atomic mass is 9.50. The molecule has 0 radical (unpaired) electrons. The molecule has 43 heavy (non-hydrogen) atoms. The molecule has 3 fully saturated rings. The first-order valence-electron chi connectivity index (χ1n) is 16.2. The van der Waals surface area contributed by atoms with Crippen molar-refractivity contribution in [2.45, 2.75) is 89.8 Å². The molecule has 1 N–H and O–H groups in total. The number of aromatic hydroxyl groups is 1. The lowest BCUT2D eigenvalue weighted by Crippen LogP contribution is -2.69. The number of carbonyl (C=O) groups excluding carboxylic acids is 2. The fourth-order valence-corrected chi connectivity index (χ4v) is 8.88.